The molecule has 0 saturated carbocycles. The number of benzene rings is 3. The molecule has 3 aromatic carbocycles. The average molecular weight is 603 g/mol. The van der Waals surface area contributed by atoms with Crippen molar-refractivity contribution in [2.24, 2.45) is 0 Å². The molecule has 220 valence electrons. The molecule has 1 aromatic heterocycles. The molecule has 0 aliphatic heterocycles. The van der Waals surface area contributed by atoms with Crippen molar-refractivity contribution in [2.45, 2.75) is 24.0 Å². The van der Waals surface area contributed by atoms with Crippen LogP contribution in [0.25, 0.3) is 10.9 Å². The third kappa shape index (κ3) is 8.42. The Kier molecular flexibility index (Phi) is 9.14. The Morgan fingerprint density at radius 3 is 2.54 bits per heavy atom. The van der Waals surface area contributed by atoms with E-state index in [0.29, 0.717) is 28.8 Å². The van der Waals surface area contributed by atoms with Gasteiger partial charge in [0.15, 0.2) is 0 Å². The molecule has 41 heavy (non-hydrogen) atoms. The highest BCUT2D eigenvalue weighted by Crippen LogP contribution is 2.28. The standard InChI is InChI=1S/C25H23F5N4O6S/c26-24(27)39-23-20-8-7-17(13-21(20)32-33-23)38-10-9-31-14-22(35)15-3-1-4-16(11-15)34-41(36,37)19-6-2-5-18(12-19)40-25(28,29)30/h1-8,11-13,22,24,31,34-35H,9-10,14H2,(H,32,33). The molecule has 4 aromatic rings. The summed E-state index contributed by atoms with van der Waals surface area (Å²) in [4.78, 5) is -0.444. The van der Waals surface area contributed by atoms with Crippen molar-refractivity contribution in [3.8, 4) is 17.4 Å². The van der Waals surface area contributed by atoms with E-state index < -0.39 is 39.7 Å². The lowest BCUT2D eigenvalue weighted by atomic mass is 10.1. The predicted octanol–water partition coefficient (Wildman–Crippen LogP) is 4.57. The van der Waals surface area contributed by atoms with Crippen LogP contribution in [0.2, 0.25) is 0 Å². The molecule has 1 atom stereocenters. The number of nitrogens with one attached hydrogen (secondary N) is 3. The first-order valence-electron chi connectivity index (χ1n) is 11.8. The number of H-pyrrole nitrogens is 1. The lowest BCUT2D eigenvalue weighted by Crippen LogP contribution is -2.26. The van der Waals surface area contributed by atoms with E-state index in [4.69, 9.17) is 4.74 Å². The van der Waals surface area contributed by atoms with Gasteiger partial charge in [-0.3, -0.25) is 9.82 Å². The zero-order valence-electron chi connectivity index (χ0n) is 20.9. The summed E-state index contributed by atoms with van der Waals surface area (Å²) >= 11 is 0. The fourth-order valence-electron chi connectivity index (χ4n) is 3.70. The molecule has 0 radical (unpaired) electrons. The van der Waals surface area contributed by atoms with E-state index in [1.807, 2.05) is 0 Å². The zero-order chi connectivity index (χ0) is 29.6. The summed E-state index contributed by atoms with van der Waals surface area (Å²) < 4.78 is 104. The topological polar surface area (TPSA) is 135 Å². The summed E-state index contributed by atoms with van der Waals surface area (Å²) in [5.41, 5.74) is 0.905. The van der Waals surface area contributed by atoms with Crippen LogP contribution in [0.4, 0.5) is 27.6 Å². The molecule has 16 heteroatoms. The van der Waals surface area contributed by atoms with Gasteiger partial charge in [-0.25, -0.2) is 8.42 Å². The van der Waals surface area contributed by atoms with E-state index in [9.17, 15) is 35.5 Å². The van der Waals surface area contributed by atoms with Gasteiger partial charge in [-0.1, -0.05) is 18.2 Å². The molecular weight excluding hydrogens is 579 g/mol. The van der Waals surface area contributed by atoms with Crippen molar-refractivity contribution in [3.63, 3.8) is 0 Å². The number of sulfonamides is 1. The van der Waals surface area contributed by atoms with Gasteiger partial charge in [-0.15, -0.1) is 18.3 Å². The molecule has 0 saturated heterocycles. The van der Waals surface area contributed by atoms with E-state index in [2.05, 4.69) is 29.7 Å². The maximum atomic E-state index is 12.7. The van der Waals surface area contributed by atoms with E-state index in [1.54, 1.807) is 18.2 Å². The first-order chi connectivity index (χ1) is 19.4. The number of hydrogen-bond donors (Lipinski definition) is 4. The Hall–Kier alpha value is -4.15. The van der Waals surface area contributed by atoms with Crippen LogP contribution in [-0.4, -0.2) is 56.4 Å². The van der Waals surface area contributed by atoms with E-state index in [1.165, 1.54) is 24.3 Å². The minimum Gasteiger partial charge on any atom is -0.492 e. The van der Waals surface area contributed by atoms with Gasteiger partial charge in [0, 0.05) is 30.9 Å². The molecule has 0 aliphatic carbocycles. The first kappa shape index (κ1) is 29.8. The van der Waals surface area contributed by atoms with E-state index >= 15 is 0 Å². The fraction of sp³-hybridized carbons (Fsp3) is 0.240. The molecular formula is C25H23F5N4O6S. The molecule has 0 amide bonds. The lowest BCUT2D eigenvalue weighted by Gasteiger charge is -2.15. The third-order valence-electron chi connectivity index (χ3n) is 5.46. The maximum absolute atomic E-state index is 12.7. The summed E-state index contributed by atoms with van der Waals surface area (Å²) in [6, 6.07) is 14.5. The van der Waals surface area contributed by atoms with Crippen molar-refractivity contribution in [1.82, 2.24) is 15.5 Å². The Balaban J connectivity index is 1.27. The molecule has 0 fully saturated rings. The molecule has 1 unspecified atom stereocenters. The number of aliphatic hydroxyl groups is 1. The number of nitrogens with zero attached hydrogens (tertiary/aromatic N) is 1. The number of hydrogen-bond acceptors (Lipinski definition) is 8. The van der Waals surface area contributed by atoms with Crippen LogP contribution < -0.4 is 24.2 Å². The van der Waals surface area contributed by atoms with Gasteiger partial charge in [0.2, 0.25) is 5.88 Å². The number of aromatic nitrogens is 2. The van der Waals surface area contributed by atoms with Crippen LogP contribution in [0.3, 0.4) is 0 Å². The molecule has 4 rings (SSSR count). The molecule has 0 bridgehead atoms. The second-order valence-corrected chi connectivity index (χ2v) is 10.1. The van der Waals surface area contributed by atoms with Crippen molar-refractivity contribution >= 4 is 26.6 Å². The summed E-state index contributed by atoms with van der Waals surface area (Å²) in [5.74, 6) is -0.462. The second-order valence-electron chi connectivity index (χ2n) is 8.44. The minimum atomic E-state index is -4.98. The number of fused-ring (bicyclic) bond motifs is 1. The second kappa shape index (κ2) is 12.6. The maximum Gasteiger partial charge on any atom is 0.573 e. The molecule has 1 heterocycles. The Labute approximate surface area is 230 Å². The van der Waals surface area contributed by atoms with Crippen molar-refractivity contribution in [2.75, 3.05) is 24.4 Å². The largest absolute Gasteiger partial charge is 0.573 e. The van der Waals surface area contributed by atoms with Gasteiger partial charge in [-0.05, 0) is 42.0 Å². The van der Waals surface area contributed by atoms with E-state index in [0.717, 1.165) is 24.3 Å². The zero-order valence-corrected chi connectivity index (χ0v) is 21.7. The minimum absolute atomic E-state index is 0.0864. The van der Waals surface area contributed by atoms with Crippen LogP contribution in [0.1, 0.15) is 11.7 Å². The quantitative estimate of drug-likeness (QED) is 0.129. The third-order valence-corrected chi connectivity index (χ3v) is 6.84. The number of anilines is 1. The van der Waals surface area contributed by atoms with Crippen molar-refractivity contribution < 1.29 is 49.7 Å². The van der Waals surface area contributed by atoms with Gasteiger partial charge in [0.25, 0.3) is 10.0 Å². The van der Waals surface area contributed by atoms with Gasteiger partial charge in [-0.2, -0.15) is 8.78 Å². The monoisotopic (exact) mass is 602 g/mol. The number of halogens is 5. The molecule has 0 spiro atoms. The normalized spacial score (nSPS) is 12.9. The lowest BCUT2D eigenvalue weighted by molar-refractivity contribution is -0.274. The highest BCUT2D eigenvalue weighted by atomic mass is 32.2. The molecule has 0 aliphatic rings. The predicted molar refractivity (Wildman–Crippen MR) is 136 cm³/mol. The summed E-state index contributed by atoms with van der Waals surface area (Å²) in [5, 5.41) is 20.2. The van der Waals surface area contributed by atoms with Gasteiger partial charge < -0.3 is 24.6 Å². The van der Waals surface area contributed by atoms with Gasteiger partial charge in [0.1, 0.15) is 18.1 Å². The smallest absolute Gasteiger partial charge is 0.492 e. The summed E-state index contributed by atoms with van der Waals surface area (Å²) in [7, 11) is -4.26. The van der Waals surface area contributed by atoms with Crippen LogP contribution in [-0.2, 0) is 10.0 Å². The number of aromatic amines is 1. The molecule has 4 N–H and O–H groups in total. The van der Waals surface area contributed by atoms with Gasteiger partial charge in [0.05, 0.1) is 21.9 Å². The first-order valence-corrected chi connectivity index (χ1v) is 13.3. The average Bonchev–Trinajstić information content (AvgIpc) is 3.28. The Morgan fingerprint density at radius 2 is 1.78 bits per heavy atom. The fourth-order valence-corrected chi connectivity index (χ4v) is 4.78. The number of rotatable bonds is 13. The van der Waals surface area contributed by atoms with Crippen LogP contribution in [0.15, 0.2) is 71.6 Å². The Morgan fingerprint density at radius 1 is 1.00 bits per heavy atom. The summed E-state index contributed by atoms with van der Waals surface area (Å²) in [6.07, 6.45) is -6.01. The highest BCUT2D eigenvalue weighted by molar-refractivity contribution is 7.92. The van der Waals surface area contributed by atoms with Crippen LogP contribution in [0.5, 0.6) is 17.4 Å². The van der Waals surface area contributed by atoms with Crippen LogP contribution in [0, 0.1) is 0 Å². The highest BCUT2D eigenvalue weighted by Gasteiger charge is 2.31. The number of aliphatic hydroxyl groups excluding tert-OH is 1. The SMILES string of the molecule is O=S(=O)(Nc1cccc(C(O)CNCCOc2ccc3c(OC(F)F)n[nH]c3c2)c1)c1cccc(OC(F)(F)F)c1. The van der Waals surface area contributed by atoms with Crippen molar-refractivity contribution in [1.29, 1.82) is 0 Å². The molecule has 10 nitrogen and oxygen atoms in total. The van der Waals surface area contributed by atoms with Crippen molar-refractivity contribution in [3.05, 3.63) is 72.3 Å². The van der Waals surface area contributed by atoms with Crippen LogP contribution >= 0.6 is 0 Å². The van der Waals surface area contributed by atoms with E-state index in [-0.39, 0.29) is 24.7 Å². The summed E-state index contributed by atoms with van der Waals surface area (Å²) in [6.45, 7) is -2.40. The number of ether oxygens (including phenoxy) is 3. The number of alkyl halides is 5. The Bertz CT molecular complexity index is 1580. The van der Waals surface area contributed by atoms with Gasteiger partial charge >= 0.3 is 13.0 Å².